The van der Waals surface area contributed by atoms with E-state index in [1.165, 1.54) is 14.2 Å². The fourth-order valence-electron chi connectivity index (χ4n) is 2.76. The molecule has 1 rings (SSSR count). The molecule has 29 heavy (non-hydrogen) atoms. The lowest BCUT2D eigenvalue weighted by Gasteiger charge is -2.41. The number of methoxy groups -OCH3 is 2. The maximum atomic E-state index is 12.5. The molecule has 0 aromatic heterocycles. The number of amides is 2. The summed E-state index contributed by atoms with van der Waals surface area (Å²) < 4.78 is 14.5. The minimum absolute atomic E-state index is 0.0593. The number of carbonyl (C=O) groups excluding carboxylic acids is 4. The Bertz CT molecular complexity index is 589. The SMILES string of the molecule is COCC(=O)OCC1CN(C(=O)CCNC(=O)OC)CCN1CC(=O)C(C)(C)C. The zero-order valence-electron chi connectivity index (χ0n) is 18.0. The summed E-state index contributed by atoms with van der Waals surface area (Å²) >= 11 is 0. The first-order valence-electron chi connectivity index (χ1n) is 9.60. The Kier molecular flexibility index (Phi) is 10.0. The van der Waals surface area contributed by atoms with E-state index in [1.807, 2.05) is 25.7 Å². The minimum Gasteiger partial charge on any atom is -0.462 e. The smallest absolute Gasteiger partial charge is 0.406 e. The Balaban J connectivity index is 2.70. The van der Waals surface area contributed by atoms with E-state index in [4.69, 9.17) is 9.47 Å². The number of esters is 1. The highest BCUT2D eigenvalue weighted by Gasteiger charge is 2.33. The van der Waals surface area contributed by atoms with Crippen molar-refractivity contribution in [2.24, 2.45) is 5.41 Å². The number of Topliss-reactive ketones (excluding diaryl/α,β-unsaturated/α-hetero) is 1. The van der Waals surface area contributed by atoms with E-state index in [0.717, 1.165) is 0 Å². The molecule has 1 atom stereocenters. The molecule has 10 nitrogen and oxygen atoms in total. The van der Waals surface area contributed by atoms with Gasteiger partial charge in [0.05, 0.1) is 19.7 Å². The van der Waals surface area contributed by atoms with Crippen molar-refractivity contribution in [2.75, 3.05) is 60.2 Å². The number of piperazine rings is 1. The molecule has 1 unspecified atom stereocenters. The molecule has 1 heterocycles. The first-order valence-corrected chi connectivity index (χ1v) is 9.60. The van der Waals surface area contributed by atoms with E-state index in [1.54, 1.807) is 4.90 Å². The molecule has 166 valence electrons. The third-order valence-electron chi connectivity index (χ3n) is 4.63. The van der Waals surface area contributed by atoms with Gasteiger partial charge < -0.3 is 24.4 Å². The van der Waals surface area contributed by atoms with Crippen molar-refractivity contribution in [3.63, 3.8) is 0 Å². The largest absolute Gasteiger partial charge is 0.462 e. The van der Waals surface area contributed by atoms with Crippen molar-refractivity contribution < 1.29 is 33.4 Å². The number of carbonyl (C=O) groups is 4. The summed E-state index contributed by atoms with van der Waals surface area (Å²) in [5.41, 5.74) is -0.482. The molecule has 1 aliphatic heterocycles. The maximum absolute atomic E-state index is 12.5. The molecule has 0 bridgehead atoms. The van der Waals surface area contributed by atoms with Crippen LogP contribution < -0.4 is 5.32 Å². The van der Waals surface area contributed by atoms with Crippen molar-refractivity contribution >= 4 is 23.8 Å². The van der Waals surface area contributed by atoms with E-state index in [0.29, 0.717) is 19.6 Å². The number of ketones is 1. The molecule has 0 spiro atoms. The van der Waals surface area contributed by atoms with Crippen LogP contribution in [0.4, 0.5) is 4.79 Å². The predicted molar refractivity (Wildman–Crippen MR) is 104 cm³/mol. The van der Waals surface area contributed by atoms with Crippen LogP contribution in [0, 0.1) is 5.41 Å². The molecule has 10 heteroatoms. The molecule has 2 amide bonds. The van der Waals surface area contributed by atoms with Gasteiger partial charge in [0.1, 0.15) is 13.2 Å². The number of nitrogens with one attached hydrogen (secondary N) is 1. The van der Waals surface area contributed by atoms with Gasteiger partial charge in [0.15, 0.2) is 5.78 Å². The fraction of sp³-hybridized carbons (Fsp3) is 0.789. The Morgan fingerprint density at radius 3 is 2.38 bits per heavy atom. The number of rotatable bonds is 9. The van der Waals surface area contributed by atoms with E-state index in [9.17, 15) is 19.2 Å². The van der Waals surface area contributed by atoms with Crippen molar-refractivity contribution in [3.05, 3.63) is 0 Å². The lowest BCUT2D eigenvalue weighted by molar-refractivity contribution is -0.151. The van der Waals surface area contributed by atoms with Crippen LogP contribution in [-0.2, 0) is 28.6 Å². The normalized spacial score (nSPS) is 17.6. The van der Waals surface area contributed by atoms with Gasteiger partial charge in [-0.15, -0.1) is 0 Å². The Morgan fingerprint density at radius 2 is 1.79 bits per heavy atom. The molecule has 0 aromatic rings. The van der Waals surface area contributed by atoms with Crippen LogP contribution in [0.2, 0.25) is 0 Å². The van der Waals surface area contributed by atoms with Crippen molar-refractivity contribution in [2.45, 2.75) is 33.2 Å². The van der Waals surface area contributed by atoms with Crippen LogP contribution in [0.1, 0.15) is 27.2 Å². The van der Waals surface area contributed by atoms with E-state index in [-0.39, 0.29) is 50.5 Å². The third kappa shape index (κ3) is 8.78. The Hall–Kier alpha value is -2.20. The van der Waals surface area contributed by atoms with Gasteiger partial charge in [-0.25, -0.2) is 9.59 Å². The average Bonchev–Trinajstić information content (AvgIpc) is 2.66. The van der Waals surface area contributed by atoms with Gasteiger partial charge in [-0.2, -0.15) is 0 Å². The molecule has 1 N–H and O–H groups in total. The van der Waals surface area contributed by atoms with E-state index in [2.05, 4.69) is 10.1 Å². The molecule has 1 aliphatic rings. The first kappa shape index (κ1) is 24.8. The summed E-state index contributed by atoms with van der Waals surface area (Å²) in [5, 5.41) is 2.47. The first-order chi connectivity index (χ1) is 13.6. The topological polar surface area (TPSA) is 114 Å². The predicted octanol–water partition coefficient (Wildman–Crippen LogP) is 0.0501. The van der Waals surface area contributed by atoms with Crippen LogP contribution in [0.25, 0.3) is 0 Å². The van der Waals surface area contributed by atoms with Gasteiger partial charge in [0.25, 0.3) is 0 Å². The summed E-state index contributed by atoms with van der Waals surface area (Å²) in [6, 6.07) is -0.298. The number of ether oxygens (including phenoxy) is 3. The summed E-state index contributed by atoms with van der Waals surface area (Å²) in [5.74, 6) is -0.551. The lowest BCUT2D eigenvalue weighted by atomic mass is 9.90. The quantitative estimate of drug-likeness (QED) is 0.526. The van der Waals surface area contributed by atoms with Crippen LogP contribution in [0.15, 0.2) is 0 Å². The van der Waals surface area contributed by atoms with Gasteiger partial charge >= 0.3 is 12.1 Å². The number of hydrogen-bond acceptors (Lipinski definition) is 8. The third-order valence-corrected chi connectivity index (χ3v) is 4.63. The summed E-state index contributed by atoms with van der Waals surface area (Å²) in [4.78, 5) is 51.3. The lowest BCUT2D eigenvalue weighted by Crippen LogP contribution is -2.58. The number of nitrogens with zero attached hydrogens (tertiary/aromatic N) is 2. The minimum atomic E-state index is -0.591. The zero-order valence-corrected chi connectivity index (χ0v) is 18.0. The highest BCUT2D eigenvalue weighted by molar-refractivity contribution is 5.85. The summed E-state index contributed by atoms with van der Waals surface area (Å²) in [6.07, 6.45) is -0.460. The monoisotopic (exact) mass is 415 g/mol. The molecular formula is C19H33N3O7. The summed E-state index contributed by atoms with van der Waals surface area (Å²) in [6.45, 7) is 7.14. The molecule has 1 fully saturated rings. The molecule has 0 aliphatic carbocycles. The number of hydrogen-bond donors (Lipinski definition) is 1. The number of alkyl carbamates (subject to hydrolysis) is 1. The highest BCUT2D eigenvalue weighted by Crippen LogP contribution is 2.18. The molecule has 1 saturated heterocycles. The second-order valence-corrected chi connectivity index (χ2v) is 7.92. The van der Waals surface area contributed by atoms with Crippen LogP contribution in [0.5, 0.6) is 0 Å². The second kappa shape index (κ2) is 11.7. The van der Waals surface area contributed by atoms with Crippen molar-refractivity contribution in [1.29, 1.82) is 0 Å². The Labute approximate surface area is 171 Å². The van der Waals surface area contributed by atoms with Gasteiger partial charge in [-0.1, -0.05) is 20.8 Å². The van der Waals surface area contributed by atoms with Crippen LogP contribution in [0.3, 0.4) is 0 Å². The standard InChI is InChI=1S/C19H33N3O7/c1-19(2,3)15(23)11-21-8-9-22(16(24)6-7-20-18(26)28-5)10-14(21)12-29-17(25)13-27-4/h14H,6-13H2,1-5H3,(H,20,26). The molecular weight excluding hydrogens is 382 g/mol. The maximum Gasteiger partial charge on any atom is 0.406 e. The van der Waals surface area contributed by atoms with Gasteiger partial charge in [-0.05, 0) is 0 Å². The molecule has 0 aromatic carbocycles. The van der Waals surface area contributed by atoms with Gasteiger partial charge in [-0.3, -0.25) is 14.5 Å². The van der Waals surface area contributed by atoms with E-state index >= 15 is 0 Å². The summed E-state index contributed by atoms with van der Waals surface area (Å²) in [7, 11) is 2.66. The second-order valence-electron chi connectivity index (χ2n) is 7.92. The highest BCUT2D eigenvalue weighted by atomic mass is 16.6. The van der Waals surface area contributed by atoms with Crippen molar-refractivity contribution in [1.82, 2.24) is 15.1 Å². The zero-order chi connectivity index (χ0) is 22.0. The molecule has 0 radical (unpaired) electrons. The van der Waals surface area contributed by atoms with E-state index < -0.39 is 17.5 Å². The van der Waals surface area contributed by atoms with Gasteiger partial charge in [0, 0.05) is 45.1 Å². The van der Waals surface area contributed by atoms with Crippen LogP contribution >= 0.6 is 0 Å². The van der Waals surface area contributed by atoms with Crippen molar-refractivity contribution in [3.8, 4) is 0 Å². The molecule has 0 saturated carbocycles. The van der Waals surface area contributed by atoms with Gasteiger partial charge in [0.2, 0.25) is 5.91 Å². The Morgan fingerprint density at radius 1 is 1.10 bits per heavy atom. The van der Waals surface area contributed by atoms with Crippen LogP contribution in [-0.4, -0.2) is 99.8 Å². The average molecular weight is 415 g/mol. The fourth-order valence-corrected chi connectivity index (χ4v) is 2.76.